The van der Waals surface area contributed by atoms with Gasteiger partial charge in [0.15, 0.2) is 5.96 Å². The molecule has 2 heterocycles. The highest BCUT2D eigenvalue weighted by Crippen LogP contribution is 2.28. The number of aliphatic imine (C=N–C) groups is 1. The Morgan fingerprint density at radius 2 is 2.00 bits per heavy atom. The monoisotopic (exact) mass is 342 g/mol. The van der Waals surface area contributed by atoms with Crippen LogP contribution in [-0.2, 0) is 6.54 Å². The van der Waals surface area contributed by atoms with Crippen LogP contribution in [0.3, 0.4) is 0 Å². The minimum Gasteiger partial charge on any atom is -0.495 e. The summed E-state index contributed by atoms with van der Waals surface area (Å²) in [5.41, 5.74) is 1.16. The van der Waals surface area contributed by atoms with Crippen LogP contribution in [0, 0.1) is 0 Å². The molecule has 134 valence electrons. The SMILES string of the molecule is CN=C(NCCn1cccn1)N1CCN(c2ccccc2OC)CC1. The predicted octanol–water partition coefficient (Wildman–Crippen LogP) is 1.29. The van der Waals surface area contributed by atoms with Crippen LogP contribution >= 0.6 is 0 Å². The number of piperazine rings is 1. The fraction of sp³-hybridized carbons (Fsp3) is 0.444. The van der Waals surface area contributed by atoms with Crippen molar-refractivity contribution < 1.29 is 4.74 Å². The Hall–Kier alpha value is -2.70. The summed E-state index contributed by atoms with van der Waals surface area (Å²) in [4.78, 5) is 9.09. The number of methoxy groups -OCH3 is 1. The number of benzene rings is 1. The second kappa shape index (κ2) is 8.41. The van der Waals surface area contributed by atoms with Crippen molar-refractivity contribution in [1.29, 1.82) is 0 Å². The number of guanidine groups is 1. The molecule has 0 saturated carbocycles. The highest BCUT2D eigenvalue weighted by Gasteiger charge is 2.21. The molecule has 0 unspecified atom stereocenters. The molecule has 0 aliphatic carbocycles. The third-order valence-corrected chi connectivity index (χ3v) is 4.40. The van der Waals surface area contributed by atoms with E-state index in [4.69, 9.17) is 4.74 Å². The summed E-state index contributed by atoms with van der Waals surface area (Å²) in [6.07, 6.45) is 3.77. The van der Waals surface area contributed by atoms with Crippen LogP contribution in [0.15, 0.2) is 47.7 Å². The number of hydrogen-bond acceptors (Lipinski definition) is 4. The van der Waals surface area contributed by atoms with E-state index in [9.17, 15) is 0 Å². The fourth-order valence-corrected chi connectivity index (χ4v) is 3.10. The maximum atomic E-state index is 5.48. The molecule has 7 heteroatoms. The molecule has 25 heavy (non-hydrogen) atoms. The van der Waals surface area contributed by atoms with E-state index >= 15 is 0 Å². The molecule has 0 radical (unpaired) electrons. The summed E-state index contributed by atoms with van der Waals surface area (Å²) in [5.74, 6) is 1.88. The van der Waals surface area contributed by atoms with Crippen molar-refractivity contribution >= 4 is 11.6 Å². The van der Waals surface area contributed by atoms with E-state index in [1.54, 1.807) is 13.3 Å². The summed E-state index contributed by atoms with van der Waals surface area (Å²) < 4.78 is 7.40. The quantitative estimate of drug-likeness (QED) is 0.655. The van der Waals surface area contributed by atoms with Gasteiger partial charge in [-0.25, -0.2) is 0 Å². The van der Waals surface area contributed by atoms with Gasteiger partial charge >= 0.3 is 0 Å². The van der Waals surface area contributed by atoms with Crippen molar-refractivity contribution in [2.45, 2.75) is 6.54 Å². The minimum absolute atomic E-state index is 0.807. The van der Waals surface area contributed by atoms with Crippen LogP contribution in [0.4, 0.5) is 5.69 Å². The molecular weight excluding hydrogens is 316 g/mol. The molecule has 0 atom stereocenters. The van der Waals surface area contributed by atoms with Crippen LogP contribution in [0.25, 0.3) is 0 Å². The lowest BCUT2D eigenvalue weighted by Gasteiger charge is -2.38. The first-order valence-electron chi connectivity index (χ1n) is 8.63. The number of rotatable bonds is 5. The average Bonchev–Trinajstić information content (AvgIpc) is 3.19. The third kappa shape index (κ3) is 4.23. The van der Waals surface area contributed by atoms with Crippen LogP contribution in [0.1, 0.15) is 0 Å². The summed E-state index contributed by atoms with van der Waals surface area (Å²) >= 11 is 0. The van der Waals surface area contributed by atoms with Gasteiger partial charge in [0.25, 0.3) is 0 Å². The van der Waals surface area contributed by atoms with Gasteiger partial charge < -0.3 is 19.9 Å². The number of ether oxygens (including phenoxy) is 1. The normalized spacial score (nSPS) is 15.4. The maximum Gasteiger partial charge on any atom is 0.193 e. The lowest BCUT2D eigenvalue weighted by Crippen LogP contribution is -2.53. The van der Waals surface area contributed by atoms with Gasteiger partial charge in [-0.1, -0.05) is 12.1 Å². The molecule has 1 N–H and O–H groups in total. The highest BCUT2D eigenvalue weighted by molar-refractivity contribution is 5.80. The van der Waals surface area contributed by atoms with Gasteiger partial charge in [-0.3, -0.25) is 9.67 Å². The molecule has 1 aromatic carbocycles. The van der Waals surface area contributed by atoms with E-state index in [0.717, 1.165) is 56.7 Å². The van der Waals surface area contributed by atoms with Crippen LogP contribution in [0.2, 0.25) is 0 Å². The van der Waals surface area contributed by atoms with E-state index in [1.807, 2.05) is 36.1 Å². The van der Waals surface area contributed by atoms with Gasteiger partial charge in [0.2, 0.25) is 0 Å². The number of aromatic nitrogens is 2. The van der Waals surface area contributed by atoms with Crippen molar-refractivity contribution in [1.82, 2.24) is 20.0 Å². The van der Waals surface area contributed by atoms with Crippen LogP contribution in [-0.4, -0.2) is 67.5 Å². The number of hydrogen-bond donors (Lipinski definition) is 1. The first-order valence-corrected chi connectivity index (χ1v) is 8.63. The summed E-state index contributed by atoms with van der Waals surface area (Å²) in [5, 5.41) is 7.64. The first kappa shape index (κ1) is 17.1. The Kier molecular flexibility index (Phi) is 5.77. The topological polar surface area (TPSA) is 57.9 Å². The molecular formula is C18H26N6O. The zero-order chi connectivity index (χ0) is 17.5. The molecule has 0 spiro atoms. The molecule has 1 saturated heterocycles. The number of nitrogens with zero attached hydrogens (tertiary/aromatic N) is 5. The zero-order valence-corrected chi connectivity index (χ0v) is 14.9. The molecule has 1 aromatic heterocycles. The van der Waals surface area contributed by atoms with E-state index < -0.39 is 0 Å². The minimum atomic E-state index is 0.807. The first-order chi connectivity index (χ1) is 12.3. The highest BCUT2D eigenvalue weighted by atomic mass is 16.5. The van der Waals surface area contributed by atoms with Gasteiger partial charge in [-0.2, -0.15) is 5.10 Å². The lowest BCUT2D eigenvalue weighted by atomic mass is 10.2. The second-order valence-corrected chi connectivity index (χ2v) is 5.89. The molecule has 7 nitrogen and oxygen atoms in total. The Morgan fingerprint density at radius 3 is 2.68 bits per heavy atom. The van der Waals surface area contributed by atoms with Gasteiger partial charge in [0, 0.05) is 52.2 Å². The molecule has 1 aliphatic heterocycles. The Morgan fingerprint density at radius 1 is 1.20 bits per heavy atom. The molecule has 3 rings (SSSR count). The van der Waals surface area contributed by atoms with Crippen molar-refractivity contribution in [2.75, 3.05) is 51.8 Å². The fourth-order valence-electron chi connectivity index (χ4n) is 3.10. The lowest BCUT2D eigenvalue weighted by molar-refractivity contribution is 0.366. The number of nitrogens with one attached hydrogen (secondary N) is 1. The third-order valence-electron chi connectivity index (χ3n) is 4.40. The Bertz CT molecular complexity index is 677. The largest absolute Gasteiger partial charge is 0.495 e. The molecule has 0 amide bonds. The molecule has 2 aromatic rings. The van der Waals surface area contributed by atoms with Crippen LogP contribution in [0.5, 0.6) is 5.75 Å². The van der Waals surface area contributed by atoms with Gasteiger partial charge in [-0.05, 0) is 18.2 Å². The summed E-state index contributed by atoms with van der Waals surface area (Å²) in [6, 6.07) is 10.1. The van der Waals surface area contributed by atoms with Crippen molar-refractivity contribution in [3.63, 3.8) is 0 Å². The van der Waals surface area contributed by atoms with E-state index in [-0.39, 0.29) is 0 Å². The molecule has 1 aliphatic rings. The van der Waals surface area contributed by atoms with E-state index in [0.29, 0.717) is 0 Å². The van der Waals surface area contributed by atoms with Crippen molar-refractivity contribution in [3.05, 3.63) is 42.7 Å². The maximum absolute atomic E-state index is 5.48. The van der Waals surface area contributed by atoms with Gasteiger partial charge in [-0.15, -0.1) is 0 Å². The molecule has 1 fully saturated rings. The predicted molar refractivity (Wildman–Crippen MR) is 100 cm³/mol. The van der Waals surface area contributed by atoms with Crippen LogP contribution < -0.4 is 15.0 Å². The van der Waals surface area contributed by atoms with E-state index in [2.05, 4.69) is 37.3 Å². The Labute approximate surface area is 148 Å². The summed E-state index contributed by atoms with van der Waals surface area (Å²) in [6.45, 7) is 5.38. The number of para-hydroxylation sites is 2. The average molecular weight is 342 g/mol. The van der Waals surface area contributed by atoms with E-state index in [1.165, 1.54) is 0 Å². The summed E-state index contributed by atoms with van der Waals surface area (Å²) in [7, 11) is 3.56. The van der Waals surface area contributed by atoms with Crippen molar-refractivity contribution in [2.24, 2.45) is 4.99 Å². The van der Waals surface area contributed by atoms with Gasteiger partial charge in [0.05, 0.1) is 19.3 Å². The second-order valence-electron chi connectivity index (χ2n) is 5.89. The van der Waals surface area contributed by atoms with Crippen molar-refractivity contribution in [3.8, 4) is 5.75 Å². The smallest absolute Gasteiger partial charge is 0.193 e. The molecule has 0 bridgehead atoms. The number of anilines is 1. The van der Waals surface area contributed by atoms with Gasteiger partial charge in [0.1, 0.15) is 5.75 Å². The zero-order valence-electron chi connectivity index (χ0n) is 14.9. The Balaban J connectivity index is 1.51. The standard InChI is InChI=1S/C18H26N6O/c1-19-18(20-9-11-24-10-5-8-21-24)23-14-12-22(13-15-23)16-6-3-4-7-17(16)25-2/h3-8,10H,9,11-15H2,1-2H3,(H,19,20).